The number of nitrogens with one attached hydrogen (secondary N) is 2. The zero-order chi connectivity index (χ0) is 13.8. The lowest BCUT2D eigenvalue weighted by molar-refractivity contribution is 0.0952. The van der Waals surface area contributed by atoms with Gasteiger partial charge in [-0.25, -0.2) is 4.98 Å². The van der Waals surface area contributed by atoms with Crippen LogP contribution in [0.15, 0.2) is 28.9 Å². The van der Waals surface area contributed by atoms with Gasteiger partial charge in [-0.15, -0.1) is 11.3 Å². The Kier molecular flexibility index (Phi) is 4.55. The predicted molar refractivity (Wildman–Crippen MR) is 81.7 cm³/mol. The van der Waals surface area contributed by atoms with Crippen molar-refractivity contribution >= 4 is 39.0 Å². The van der Waals surface area contributed by atoms with Crippen molar-refractivity contribution in [2.45, 2.75) is 13.5 Å². The molecular weight excluding hydrogens is 326 g/mol. The van der Waals surface area contributed by atoms with Crippen LogP contribution in [0, 0.1) is 6.92 Å². The minimum atomic E-state index is -0.135. The lowest BCUT2D eigenvalue weighted by Gasteiger charge is -2.08. The fraction of sp³-hybridized carbons (Fsp3) is 0.231. The molecule has 0 aromatic carbocycles. The third kappa shape index (κ3) is 3.54. The number of thiophene rings is 1. The number of nitrogens with zero attached hydrogens (tertiary/aromatic N) is 1. The number of aryl methyl sites for hydroxylation is 1. The van der Waals surface area contributed by atoms with E-state index in [9.17, 15) is 4.79 Å². The smallest absolute Gasteiger partial charge is 0.255 e. The number of aromatic nitrogens is 1. The second-order valence-corrected chi connectivity index (χ2v) is 6.28. The average Bonchev–Trinajstić information content (AvgIpc) is 2.81. The van der Waals surface area contributed by atoms with Gasteiger partial charge in [0.1, 0.15) is 5.82 Å². The molecular formula is C13H14BrN3OS. The summed E-state index contributed by atoms with van der Waals surface area (Å²) in [5.41, 5.74) is 0.533. The highest BCUT2D eigenvalue weighted by Crippen LogP contribution is 2.18. The summed E-state index contributed by atoms with van der Waals surface area (Å²) in [6.45, 7) is 2.58. The Hall–Kier alpha value is -1.40. The predicted octanol–water partition coefficient (Wildman–Crippen LogP) is 3.19. The summed E-state index contributed by atoms with van der Waals surface area (Å²) < 4.78 is 0.781. The number of hydrogen-bond donors (Lipinski definition) is 2. The first-order valence-electron chi connectivity index (χ1n) is 5.77. The number of anilines is 1. The summed E-state index contributed by atoms with van der Waals surface area (Å²) in [6, 6.07) is 5.83. The maximum atomic E-state index is 12.1. The summed E-state index contributed by atoms with van der Waals surface area (Å²) in [6.07, 6.45) is 1.66. The highest BCUT2D eigenvalue weighted by molar-refractivity contribution is 9.10. The van der Waals surface area contributed by atoms with Crippen LogP contribution in [0.4, 0.5) is 5.82 Å². The van der Waals surface area contributed by atoms with Crippen LogP contribution in [0.2, 0.25) is 0 Å². The van der Waals surface area contributed by atoms with E-state index < -0.39 is 0 Å². The van der Waals surface area contributed by atoms with Gasteiger partial charge in [0.15, 0.2) is 0 Å². The second-order valence-electron chi connectivity index (χ2n) is 3.99. The zero-order valence-corrected chi connectivity index (χ0v) is 13.1. The molecule has 2 aromatic rings. The zero-order valence-electron chi connectivity index (χ0n) is 10.7. The molecule has 0 atom stereocenters. The highest BCUT2D eigenvalue weighted by Gasteiger charge is 2.12. The lowest BCUT2D eigenvalue weighted by Crippen LogP contribution is -2.23. The highest BCUT2D eigenvalue weighted by atomic mass is 79.9. The minimum absolute atomic E-state index is 0.135. The van der Waals surface area contributed by atoms with Crippen molar-refractivity contribution in [2.75, 3.05) is 12.4 Å². The molecule has 2 aromatic heterocycles. The summed E-state index contributed by atoms with van der Waals surface area (Å²) in [7, 11) is 1.75. The normalized spacial score (nSPS) is 10.3. The van der Waals surface area contributed by atoms with E-state index >= 15 is 0 Å². The molecule has 2 N–H and O–H groups in total. The van der Waals surface area contributed by atoms with Crippen LogP contribution >= 0.6 is 27.3 Å². The van der Waals surface area contributed by atoms with E-state index in [0.29, 0.717) is 17.9 Å². The minimum Gasteiger partial charge on any atom is -0.372 e. The van der Waals surface area contributed by atoms with Gasteiger partial charge in [0.05, 0.1) is 12.1 Å². The topological polar surface area (TPSA) is 54.0 Å². The Morgan fingerprint density at radius 3 is 2.89 bits per heavy atom. The summed E-state index contributed by atoms with van der Waals surface area (Å²) in [4.78, 5) is 18.7. The third-order valence-corrected chi connectivity index (χ3v) is 3.99. The first kappa shape index (κ1) is 14.0. The van der Waals surface area contributed by atoms with E-state index in [4.69, 9.17) is 0 Å². The van der Waals surface area contributed by atoms with Gasteiger partial charge >= 0.3 is 0 Å². The standard InChI is InChI=1S/C13H14BrN3OS/c1-8-3-4-10(19-8)7-17-13(18)11-5-9(14)6-16-12(11)15-2/h3-6H,7H2,1-2H3,(H,15,16)(H,17,18). The molecule has 0 fully saturated rings. The number of halogens is 1. The molecule has 2 heterocycles. The van der Waals surface area contributed by atoms with Crippen LogP contribution < -0.4 is 10.6 Å². The van der Waals surface area contributed by atoms with Gasteiger partial charge < -0.3 is 10.6 Å². The van der Waals surface area contributed by atoms with E-state index in [-0.39, 0.29) is 5.91 Å². The molecule has 6 heteroatoms. The van der Waals surface area contributed by atoms with Gasteiger partial charge in [0.2, 0.25) is 0 Å². The molecule has 0 saturated carbocycles. The van der Waals surface area contributed by atoms with Crippen molar-refractivity contribution in [2.24, 2.45) is 0 Å². The largest absolute Gasteiger partial charge is 0.372 e. The van der Waals surface area contributed by atoms with Gasteiger partial charge in [0.25, 0.3) is 5.91 Å². The molecule has 1 amide bonds. The Morgan fingerprint density at radius 1 is 1.47 bits per heavy atom. The summed E-state index contributed by atoms with van der Waals surface area (Å²) >= 11 is 5.01. The van der Waals surface area contributed by atoms with Crippen LogP contribution in [0.25, 0.3) is 0 Å². The van der Waals surface area contributed by atoms with Gasteiger partial charge in [0, 0.05) is 27.5 Å². The fourth-order valence-electron chi connectivity index (χ4n) is 1.65. The Balaban J connectivity index is 2.09. The molecule has 0 saturated heterocycles. The number of hydrogen-bond acceptors (Lipinski definition) is 4. The molecule has 2 rings (SSSR count). The lowest BCUT2D eigenvalue weighted by atomic mass is 10.2. The quantitative estimate of drug-likeness (QED) is 0.899. The van der Waals surface area contributed by atoms with Gasteiger partial charge in [-0.05, 0) is 41.1 Å². The van der Waals surface area contributed by atoms with Crippen molar-refractivity contribution in [1.29, 1.82) is 0 Å². The van der Waals surface area contributed by atoms with E-state index in [1.807, 2.05) is 19.1 Å². The first-order valence-corrected chi connectivity index (χ1v) is 7.38. The van der Waals surface area contributed by atoms with Gasteiger partial charge in [-0.3, -0.25) is 4.79 Å². The van der Waals surface area contributed by atoms with Crippen molar-refractivity contribution in [3.63, 3.8) is 0 Å². The molecule has 0 bridgehead atoms. The van der Waals surface area contributed by atoms with Gasteiger partial charge in [-0.1, -0.05) is 0 Å². The monoisotopic (exact) mass is 339 g/mol. The summed E-state index contributed by atoms with van der Waals surface area (Å²) in [5, 5.41) is 5.82. The number of pyridine rings is 1. The molecule has 19 heavy (non-hydrogen) atoms. The number of rotatable bonds is 4. The fourth-order valence-corrected chi connectivity index (χ4v) is 2.82. The van der Waals surface area contributed by atoms with Crippen molar-refractivity contribution in [1.82, 2.24) is 10.3 Å². The van der Waals surface area contributed by atoms with E-state index in [1.54, 1.807) is 30.6 Å². The molecule has 100 valence electrons. The molecule has 0 aliphatic heterocycles. The Morgan fingerprint density at radius 2 is 2.26 bits per heavy atom. The van der Waals surface area contributed by atoms with E-state index in [0.717, 1.165) is 9.35 Å². The average molecular weight is 340 g/mol. The number of carbonyl (C=O) groups excluding carboxylic acids is 1. The van der Waals surface area contributed by atoms with Crippen LogP contribution in [-0.4, -0.2) is 17.9 Å². The molecule has 4 nitrogen and oxygen atoms in total. The first-order chi connectivity index (χ1) is 9.10. The van der Waals surface area contributed by atoms with Crippen molar-refractivity contribution in [3.8, 4) is 0 Å². The maximum absolute atomic E-state index is 12.1. The van der Waals surface area contributed by atoms with Crippen molar-refractivity contribution < 1.29 is 4.79 Å². The van der Waals surface area contributed by atoms with E-state index in [1.165, 1.54) is 4.88 Å². The van der Waals surface area contributed by atoms with Gasteiger partial charge in [-0.2, -0.15) is 0 Å². The molecule has 0 spiro atoms. The Labute approximate surface area is 124 Å². The number of amides is 1. The van der Waals surface area contributed by atoms with Crippen LogP contribution in [0.1, 0.15) is 20.1 Å². The molecule has 0 unspecified atom stereocenters. The Bertz CT molecular complexity index is 597. The summed E-state index contributed by atoms with van der Waals surface area (Å²) in [5.74, 6) is 0.437. The SMILES string of the molecule is CNc1ncc(Br)cc1C(=O)NCc1ccc(C)s1. The molecule has 0 aliphatic rings. The van der Waals surface area contributed by atoms with Crippen LogP contribution in [0.5, 0.6) is 0 Å². The number of carbonyl (C=O) groups is 1. The second kappa shape index (κ2) is 6.16. The molecule has 0 radical (unpaired) electrons. The van der Waals surface area contributed by atoms with Crippen molar-refractivity contribution in [3.05, 3.63) is 44.2 Å². The molecule has 0 aliphatic carbocycles. The third-order valence-electron chi connectivity index (χ3n) is 2.55. The van der Waals surface area contributed by atoms with Crippen LogP contribution in [-0.2, 0) is 6.54 Å². The van der Waals surface area contributed by atoms with E-state index in [2.05, 4.69) is 31.5 Å². The maximum Gasteiger partial charge on any atom is 0.255 e. The van der Waals surface area contributed by atoms with Crippen LogP contribution in [0.3, 0.4) is 0 Å².